The van der Waals surface area contributed by atoms with Crippen LogP contribution in [0.5, 0.6) is 5.75 Å². The van der Waals surface area contributed by atoms with E-state index in [-0.39, 0.29) is 0 Å². The summed E-state index contributed by atoms with van der Waals surface area (Å²) in [6.45, 7) is 5.23. The average molecular weight is 379 g/mol. The largest absolute Gasteiger partial charge is 0.497 e. The summed E-state index contributed by atoms with van der Waals surface area (Å²) in [7, 11) is 1.66. The Morgan fingerprint density at radius 3 is 2.37 bits per heavy atom. The van der Waals surface area contributed by atoms with E-state index in [1.807, 2.05) is 48.5 Å². The number of aromatic nitrogens is 3. The van der Waals surface area contributed by atoms with Gasteiger partial charge in [-0.25, -0.2) is 0 Å². The van der Waals surface area contributed by atoms with E-state index in [1.165, 1.54) is 0 Å². The summed E-state index contributed by atoms with van der Waals surface area (Å²) >= 11 is 1.66. The second-order valence-electron chi connectivity index (χ2n) is 6.64. The second-order valence-corrected chi connectivity index (χ2v) is 7.58. The number of hydrogen-bond donors (Lipinski definition) is 0. The molecule has 0 saturated carbocycles. The Morgan fingerprint density at radius 2 is 1.78 bits per heavy atom. The number of nitrogens with zero attached hydrogens (tertiary/aromatic N) is 4. The molecule has 0 aliphatic rings. The van der Waals surface area contributed by atoms with E-state index in [0.717, 1.165) is 40.2 Å². The summed E-state index contributed by atoms with van der Waals surface area (Å²) in [6.07, 6.45) is 0. The maximum atomic E-state index is 8.92. The topological polar surface area (TPSA) is 63.7 Å². The minimum atomic E-state index is 0.479. The minimum absolute atomic E-state index is 0.479. The maximum absolute atomic E-state index is 8.92. The molecule has 0 amide bonds. The van der Waals surface area contributed by atoms with Crippen molar-refractivity contribution in [3.8, 4) is 23.2 Å². The van der Waals surface area contributed by atoms with Gasteiger partial charge in [-0.05, 0) is 47.9 Å². The van der Waals surface area contributed by atoms with Crippen LogP contribution in [0.1, 0.15) is 25.0 Å². The van der Waals surface area contributed by atoms with Gasteiger partial charge in [0.2, 0.25) is 0 Å². The molecule has 0 fully saturated rings. The molecule has 0 aliphatic carbocycles. The Hall–Kier alpha value is -2.78. The van der Waals surface area contributed by atoms with Gasteiger partial charge in [-0.1, -0.05) is 37.7 Å². The van der Waals surface area contributed by atoms with Gasteiger partial charge in [0, 0.05) is 17.9 Å². The van der Waals surface area contributed by atoms with Crippen LogP contribution < -0.4 is 4.74 Å². The van der Waals surface area contributed by atoms with Crippen LogP contribution in [-0.2, 0) is 12.3 Å². The van der Waals surface area contributed by atoms with Crippen molar-refractivity contribution in [1.29, 1.82) is 5.26 Å². The first-order valence-corrected chi connectivity index (χ1v) is 9.78. The fraction of sp³-hybridized carbons (Fsp3) is 0.286. The van der Waals surface area contributed by atoms with Crippen LogP contribution in [0.15, 0.2) is 53.7 Å². The highest BCUT2D eigenvalue weighted by Crippen LogP contribution is 2.28. The van der Waals surface area contributed by atoms with Gasteiger partial charge in [0.1, 0.15) is 5.75 Å². The molecular weight excluding hydrogens is 356 g/mol. The summed E-state index contributed by atoms with van der Waals surface area (Å²) < 4.78 is 7.42. The van der Waals surface area contributed by atoms with Gasteiger partial charge in [0.15, 0.2) is 11.0 Å². The Balaban J connectivity index is 1.83. The molecule has 2 aromatic carbocycles. The standard InChI is InChI=1S/C21H22N4OS/c1-15(2)13-25-20(18-8-10-19(26-3)11-9-18)23-24-21(25)27-14-17-6-4-16(12-22)5-7-17/h4-11,15H,13-14H2,1-3H3. The third-order valence-corrected chi connectivity index (χ3v) is 5.10. The molecule has 6 heteroatoms. The van der Waals surface area contributed by atoms with Crippen molar-refractivity contribution in [3.05, 3.63) is 59.7 Å². The zero-order chi connectivity index (χ0) is 19.2. The molecule has 27 heavy (non-hydrogen) atoms. The number of benzene rings is 2. The number of rotatable bonds is 7. The Morgan fingerprint density at radius 1 is 1.07 bits per heavy atom. The van der Waals surface area contributed by atoms with Gasteiger partial charge < -0.3 is 9.30 Å². The first-order chi connectivity index (χ1) is 13.1. The lowest BCUT2D eigenvalue weighted by atomic mass is 10.2. The monoisotopic (exact) mass is 378 g/mol. The normalized spacial score (nSPS) is 10.8. The zero-order valence-electron chi connectivity index (χ0n) is 15.7. The number of thioether (sulfide) groups is 1. The molecule has 0 N–H and O–H groups in total. The highest BCUT2D eigenvalue weighted by Gasteiger charge is 2.15. The molecule has 3 aromatic rings. The number of hydrogen-bond acceptors (Lipinski definition) is 5. The lowest BCUT2D eigenvalue weighted by Crippen LogP contribution is -2.07. The summed E-state index contributed by atoms with van der Waals surface area (Å²) in [5.74, 6) is 2.95. The highest BCUT2D eigenvalue weighted by atomic mass is 32.2. The zero-order valence-corrected chi connectivity index (χ0v) is 16.5. The third-order valence-electron chi connectivity index (χ3n) is 4.06. The Kier molecular flexibility index (Phi) is 6.15. The van der Waals surface area contributed by atoms with Gasteiger partial charge >= 0.3 is 0 Å². The fourth-order valence-corrected chi connectivity index (χ4v) is 3.61. The summed E-state index contributed by atoms with van der Waals surface area (Å²) in [5.41, 5.74) is 2.85. The van der Waals surface area contributed by atoms with Crippen LogP contribution in [0.4, 0.5) is 0 Å². The molecule has 0 saturated heterocycles. The Labute approximate surface area is 164 Å². The predicted molar refractivity (Wildman–Crippen MR) is 108 cm³/mol. The fourth-order valence-electron chi connectivity index (χ4n) is 2.70. The molecule has 138 valence electrons. The number of methoxy groups -OCH3 is 1. The van der Waals surface area contributed by atoms with E-state index in [0.29, 0.717) is 11.5 Å². The molecule has 1 heterocycles. The second kappa shape index (κ2) is 8.74. The van der Waals surface area contributed by atoms with Crippen molar-refractivity contribution in [2.75, 3.05) is 7.11 Å². The predicted octanol–water partition coefficient (Wildman–Crippen LogP) is 4.77. The van der Waals surface area contributed by atoms with Crippen molar-refractivity contribution in [2.45, 2.75) is 31.3 Å². The number of ether oxygens (including phenoxy) is 1. The van der Waals surface area contributed by atoms with Crippen molar-refractivity contribution in [1.82, 2.24) is 14.8 Å². The van der Waals surface area contributed by atoms with Crippen LogP contribution >= 0.6 is 11.8 Å². The van der Waals surface area contributed by atoms with Crippen LogP contribution in [0, 0.1) is 17.2 Å². The van der Waals surface area contributed by atoms with E-state index in [4.69, 9.17) is 10.00 Å². The lowest BCUT2D eigenvalue weighted by Gasteiger charge is -2.13. The molecule has 0 aliphatic heterocycles. The van der Waals surface area contributed by atoms with Crippen LogP contribution in [0.3, 0.4) is 0 Å². The number of nitriles is 1. The quantitative estimate of drug-likeness (QED) is 0.554. The van der Waals surface area contributed by atoms with Crippen LogP contribution in [-0.4, -0.2) is 21.9 Å². The molecule has 3 rings (SSSR count). The smallest absolute Gasteiger partial charge is 0.191 e. The minimum Gasteiger partial charge on any atom is -0.497 e. The molecule has 0 radical (unpaired) electrons. The molecule has 1 aromatic heterocycles. The molecular formula is C21H22N4OS. The van der Waals surface area contributed by atoms with E-state index in [9.17, 15) is 0 Å². The van der Waals surface area contributed by atoms with E-state index >= 15 is 0 Å². The van der Waals surface area contributed by atoms with Crippen molar-refractivity contribution in [2.24, 2.45) is 5.92 Å². The van der Waals surface area contributed by atoms with Gasteiger partial charge in [-0.3, -0.25) is 0 Å². The van der Waals surface area contributed by atoms with Gasteiger partial charge in [-0.2, -0.15) is 5.26 Å². The van der Waals surface area contributed by atoms with Gasteiger partial charge in [0.25, 0.3) is 0 Å². The molecule has 5 nitrogen and oxygen atoms in total. The third kappa shape index (κ3) is 4.69. The van der Waals surface area contributed by atoms with Gasteiger partial charge in [-0.15, -0.1) is 10.2 Å². The van der Waals surface area contributed by atoms with Crippen LogP contribution in [0.2, 0.25) is 0 Å². The van der Waals surface area contributed by atoms with Crippen LogP contribution in [0.25, 0.3) is 11.4 Å². The average Bonchev–Trinajstić information content (AvgIpc) is 3.08. The van der Waals surface area contributed by atoms with E-state index < -0.39 is 0 Å². The Bertz CT molecular complexity index is 924. The maximum Gasteiger partial charge on any atom is 0.191 e. The van der Waals surface area contributed by atoms with E-state index in [2.05, 4.69) is 34.7 Å². The van der Waals surface area contributed by atoms with Crippen molar-refractivity contribution < 1.29 is 4.74 Å². The summed E-state index contributed by atoms with van der Waals surface area (Å²) in [6, 6.07) is 17.7. The van der Waals surface area contributed by atoms with Crippen molar-refractivity contribution >= 4 is 11.8 Å². The molecule has 0 spiro atoms. The molecule has 0 unspecified atom stereocenters. The lowest BCUT2D eigenvalue weighted by molar-refractivity contribution is 0.415. The van der Waals surface area contributed by atoms with E-state index in [1.54, 1.807) is 18.9 Å². The highest BCUT2D eigenvalue weighted by molar-refractivity contribution is 7.98. The summed E-state index contributed by atoms with van der Waals surface area (Å²) in [4.78, 5) is 0. The van der Waals surface area contributed by atoms with Gasteiger partial charge in [0.05, 0.1) is 18.7 Å². The van der Waals surface area contributed by atoms with Crippen molar-refractivity contribution in [3.63, 3.8) is 0 Å². The first kappa shape index (κ1) is 19.0. The molecule has 0 bridgehead atoms. The summed E-state index contributed by atoms with van der Waals surface area (Å²) in [5, 5.41) is 18.7. The molecule has 0 atom stereocenters. The first-order valence-electron chi connectivity index (χ1n) is 8.80. The SMILES string of the molecule is COc1ccc(-c2nnc(SCc3ccc(C#N)cc3)n2CC(C)C)cc1.